The highest BCUT2D eigenvalue weighted by atomic mass is 16.5. The van der Waals surface area contributed by atoms with Crippen LogP contribution >= 0.6 is 0 Å². The summed E-state index contributed by atoms with van der Waals surface area (Å²) in [4.78, 5) is 115. The second-order valence-corrected chi connectivity index (χ2v) is 37.2. The highest BCUT2D eigenvalue weighted by Crippen LogP contribution is 2.38. The fraction of sp³-hybridized carbons (Fsp3) is 0.554. The van der Waals surface area contributed by atoms with Crippen LogP contribution in [0.1, 0.15) is 212 Å². The van der Waals surface area contributed by atoms with Gasteiger partial charge in [0.15, 0.2) is 51.1 Å². The Kier molecular flexibility index (Phi) is 33.5. The summed E-state index contributed by atoms with van der Waals surface area (Å²) < 4.78 is 30.5. The molecule has 0 spiro atoms. The molecule has 4 N–H and O–H groups in total. The third-order valence-corrected chi connectivity index (χ3v) is 26.4. The second-order valence-electron chi connectivity index (χ2n) is 37.2. The smallest absolute Gasteiger partial charge is 0.277 e. The standard InChI is InChI=1S/C28H40N6O2.C26H38N6O2.C24H32N6O3.C23H32N6O2/c1-4-32-14-16-33(17-15-32)19-21-12-13-24(36-5-2)23(18-21)26-30-28(35)25-20(3)29-27(34(25)31-26)22-10-8-6-7-9-11-22;1-7-11-26(4,5)25-27-18(3)22-24(33)28-23(29-32(22)25)20-16-19(9-10-21(20)34-8-2)17-31-14-12-30(6)13-15-31;1-5-7-21-25-16(3)22-24(32)26-23(27-30(21)22)18-14-17(8-9-20(18)33-6-2)19(31)15-29-12-10-28(4)11-13-29;1-5-7-20-24-16(3)21-23(30)25-22(26-29(20)21)18-14-17(8-9-19(18)31-6-2)15-28-12-10-27(4)11-13-28/h12-13,18,22H,4-11,14-17,19H2,1-3H3,(H,30,31,35);9-10,16H,7-8,11-15,17H2,1-6H3,(H,28,29,33);8-9,14H,5-7,10-13,15H2,1-4H3,(H,26,27,32);8-9,14H,5-7,10-13,15H2,1-4H3,(H,25,26,30). The highest BCUT2D eigenvalue weighted by molar-refractivity contribution is 5.99. The number of imidazole rings is 4. The summed E-state index contributed by atoms with van der Waals surface area (Å²) in [6.07, 6.45) is 12.5. The van der Waals surface area contributed by atoms with E-state index in [1.165, 1.54) is 42.4 Å². The van der Waals surface area contributed by atoms with Gasteiger partial charge < -0.3 is 58.5 Å². The number of ether oxygens (including phenoxy) is 4. The zero-order chi connectivity index (χ0) is 95.0. The van der Waals surface area contributed by atoms with Gasteiger partial charge in [0.2, 0.25) is 0 Å². The van der Waals surface area contributed by atoms with E-state index in [2.05, 4.69) is 168 Å². The number of nitrogens with zero attached hydrogens (tertiary/aromatic N) is 20. The van der Waals surface area contributed by atoms with E-state index < -0.39 is 0 Å². The Balaban J connectivity index is 0.000000144. The number of likely N-dealkylation sites (N-methyl/N-ethyl adjacent to an activating group) is 4. The van der Waals surface area contributed by atoms with Crippen molar-refractivity contribution in [3.63, 3.8) is 0 Å². The number of benzene rings is 4. The van der Waals surface area contributed by atoms with Crippen molar-refractivity contribution in [1.82, 2.24) is 118 Å². The molecule has 33 heteroatoms. The maximum absolute atomic E-state index is 13.3. The van der Waals surface area contributed by atoms with Crippen LogP contribution in [0.4, 0.5) is 0 Å². The van der Waals surface area contributed by atoms with Crippen LogP contribution in [0.3, 0.4) is 0 Å². The molecular formula is C101H142N24O9. The third-order valence-electron chi connectivity index (χ3n) is 26.4. The van der Waals surface area contributed by atoms with Crippen LogP contribution in [0.15, 0.2) is 92.0 Å². The number of aromatic nitrogens is 16. The van der Waals surface area contributed by atoms with Crippen molar-refractivity contribution in [3.05, 3.63) is 183 Å². The van der Waals surface area contributed by atoms with Crippen LogP contribution < -0.4 is 41.2 Å². The largest absolute Gasteiger partial charge is 0.493 e. The number of hydrogen-bond donors (Lipinski definition) is 4. The van der Waals surface area contributed by atoms with E-state index in [0.717, 1.165) is 239 Å². The maximum atomic E-state index is 13.3. The molecule has 720 valence electrons. The molecule has 0 radical (unpaired) electrons. The molecule has 5 aliphatic rings. The van der Waals surface area contributed by atoms with Gasteiger partial charge in [0.1, 0.15) is 46.3 Å². The van der Waals surface area contributed by atoms with Crippen LogP contribution in [0.5, 0.6) is 23.0 Å². The molecule has 1 aliphatic carbocycles. The SMILES string of the molecule is CCCC(C)(C)c1nc(C)c2c(=O)[nH]c(-c3cc(CN4CCN(C)CC4)ccc3OCC)nn12.CCCc1nc(C)c2c(=O)[nH]c(-c3cc(C(=O)CN4CCN(C)CC4)ccc3OCC)nn12.CCCc1nc(C)c2c(=O)[nH]c(-c3cc(CN4CCN(C)CC4)ccc3OCC)nn12.CCOc1ccc(CN2CCN(CC)CC2)cc1-c1nn2c(C3CCCCCC3)nc(C)c2c(=O)[nH]1. The van der Waals surface area contributed by atoms with E-state index in [9.17, 15) is 24.0 Å². The van der Waals surface area contributed by atoms with Gasteiger partial charge in [0.05, 0.1) is 78.0 Å². The Morgan fingerprint density at radius 2 is 0.724 bits per heavy atom. The molecule has 0 atom stereocenters. The Hall–Kier alpha value is -11.2. The lowest BCUT2D eigenvalue weighted by atomic mass is 9.87. The zero-order valence-corrected chi connectivity index (χ0v) is 82.3. The molecule has 33 nitrogen and oxygen atoms in total. The minimum absolute atomic E-state index is 0.0393. The van der Waals surface area contributed by atoms with Crippen molar-refractivity contribution >= 4 is 27.9 Å². The summed E-state index contributed by atoms with van der Waals surface area (Å²) >= 11 is 0. The lowest BCUT2D eigenvalue weighted by molar-refractivity contribution is 0.0876. The number of hydrogen-bond acceptors (Lipinski definition) is 25. The second kappa shape index (κ2) is 45.4. The molecule has 0 unspecified atom stereocenters. The fourth-order valence-electron chi connectivity index (χ4n) is 19.0. The topological polar surface area (TPSA) is 332 Å². The average molecular weight is 1840 g/mol. The summed E-state index contributed by atoms with van der Waals surface area (Å²) in [6, 6.07) is 24.0. The summed E-state index contributed by atoms with van der Waals surface area (Å²) in [6.45, 7) is 50.8. The van der Waals surface area contributed by atoms with Crippen LogP contribution in [0.25, 0.3) is 67.6 Å². The summed E-state index contributed by atoms with van der Waals surface area (Å²) in [5, 5.41) is 19.4. The summed E-state index contributed by atoms with van der Waals surface area (Å²) in [5.74, 6) is 8.38. The number of fused-ring (bicyclic) bond motifs is 4. The van der Waals surface area contributed by atoms with Gasteiger partial charge in [-0.3, -0.25) is 43.6 Å². The third kappa shape index (κ3) is 23.5. The van der Waals surface area contributed by atoms with E-state index in [4.69, 9.17) is 49.3 Å². The molecule has 4 aromatic carbocycles. The van der Waals surface area contributed by atoms with Crippen LogP contribution in [-0.2, 0) is 37.9 Å². The first-order chi connectivity index (χ1) is 64.7. The first-order valence-corrected chi connectivity index (χ1v) is 48.9. The number of H-pyrrole nitrogens is 4. The van der Waals surface area contributed by atoms with Gasteiger partial charge in [-0.1, -0.05) is 91.8 Å². The number of carbonyl (C=O) groups is 1. The molecule has 4 saturated heterocycles. The van der Waals surface area contributed by atoms with Gasteiger partial charge in [-0.05, 0) is 186 Å². The van der Waals surface area contributed by atoms with E-state index in [1.54, 1.807) is 31.7 Å². The number of Topliss-reactive ketones (excluding diaryl/α,β-unsaturated/α-hetero) is 1. The van der Waals surface area contributed by atoms with Gasteiger partial charge in [0, 0.05) is 154 Å². The Bertz CT molecular complexity index is 6250. The van der Waals surface area contributed by atoms with E-state index in [1.807, 2.05) is 78.1 Å². The monoisotopic (exact) mass is 1840 g/mol. The number of ketones is 1. The zero-order valence-electron chi connectivity index (χ0n) is 82.3. The molecule has 8 aromatic heterocycles. The van der Waals surface area contributed by atoms with Crippen molar-refractivity contribution in [2.24, 2.45) is 0 Å². The fourth-order valence-corrected chi connectivity index (χ4v) is 19.0. The minimum atomic E-state index is -0.260. The van der Waals surface area contributed by atoms with E-state index in [0.29, 0.717) is 125 Å². The number of rotatable bonds is 30. The quantitative estimate of drug-likeness (QED) is 0.0240. The Morgan fingerprint density at radius 1 is 0.388 bits per heavy atom. The molecule has 0 amide bonds. The molecule has 4 aliphatic heterocycles. The lowest BCUT2D eigenvalue weighted by Gasteiger charge is -2.34. The molecule has 134 heavy (non-hydrogen) atoms. The molecular weight excluding hydrogens is 1690 g/mol. The highest BCUT2D eigenvalue weighted by Gasteiger charge is 2.32. The Morgan fingerprint density at radius 3 is 1.11 bits per heavy atom. The normalized spacial score (nSPS) is 16.4. The van der Waals surface area contributed by atoms with Crippen molar-refractivity contribution in [2.75, 3.05) is 165 Å². The van der Waals surface area contributed by atoms with Crippen molar-refractivity contribution in [2.45, 2.75) is 205 Å². The number of carbonyl (C=O) groups excluding carboxylic acids is 1. The van der Waals surface area contributed by atoms with Gasteiger partial charge in [0.25, 0.3) is 22.2 Å². The molecule has 12 heterocycles. The molecule has 12 aromatic rings. The summed E-state index contributed by atoms with van der Waals surface area (Å²) in [7, 11) is 6.42. The van der Waals surface area contributed by atoms with Crippen LogP contribution in [0.2, 0.25) is 0 Å². The van der Waals surface area contributed by atoms with Crippen molar-refractivity contribution in [3.8, 4) is 68.5 Å². The van der Waals surface area contributed by atoms with Crippen LogP contribution in [0, 0.1) is 27.7 Å². The predicted octanol–water partition coefficient (Wildman–Crippen LogP) is 12.6. The lowest BCUT2D eigenvalue weighted by Crippen LogP contribution is -2.46. The molecule has 1 saturated carbocycles. The van der Waals surface area contributed by atoms with Gasteiger partial charge in [-0.2, -0.15) is 0 Å². The number of piperazine rings is 4. The maximum Gasteiger partial charge on any atom is 0.277 e. The summed E-state index contributed by atoms with van der Waals surface area (Å²) in [5.41, 5.74) is 11.0. The molecule has 0 bridgehead atoms. The van der Waals surface area contributed by atoms with E-state index >= 15 is 0 Å². The van der Waals surface area contributed by atoms with Gasteiger partial charge in [-0.25, -0.2) is 38.0 Å². The number of nitrogens with one attached hydrogen (secondary N) is 4. The molecule has 5 fully saturated rings. The van der Waals surface area contributed by atoms with Gasteiger partial charge >= 0.3 is 0 Å². The molecule has 17 rings (SSSR count). The average Bonchev–Trinajstić information content (AvgIpc) is 1.60. The number of aromatic amines is 4. The first kappa shape index (κ1) is 98.8. The minimum Gasteiger partial charge on any atom is -0.493 e. The number of aryl methyl sites for hydroxylation is 6. The first-order valence-electron chi connectivity index (χ1n) is 48.9. The van der Waals surface area contributed by atoms with Crippen molar-refractivity contribution in [1.29, 1.82) is 0 Å². The Labute approximate surface area is 786 Å². The van der Waals surface area contributed by atoms with E-state index in [-0.39, 0.29) is 33.4 Å². The van der Waals surface area contributed by atoms with Gasteiger partial charge in [-0.15, -0.1) is 20.4 Å². The van der Waals surface area contributed by atoms with Crippen LogP contribution in [-0.4, -0.2) is 289 Å². The van der Waals surface area contributed by atoms with Crippen molar-refractivity contribution < 1.29 is 23.7 Å². The predicted molar refractivity (Wildman–Crippen MR) is 527 cm³/mol.